The largest absolute Gasteiger partial charge is 0.309 e. The monoisotopic (exact) mass is 674 g/mol. The van der Waals surface area contributed by atoms with Gasteiger partial charge < -0.3 is 4.57 Å². The van der Waals surface area contributed by atoms with E-state index >= 15 is 4.57 Å². The topological polar surface area (TPSA) is 42.9 Å². The fourth-order valence-electron chi connectivity index (χ4n) is 7.97. The summed E-state index contributed by atoms with van der Waals surface area (Å²) in [5, 5.41) is 9.41. The number of aryl methyl sites for hydroxylation is 3. The first-order chi connectivity index (χ1) is 24.9. The third-order valence-corrected chi connectivity index (χ3v) is 13.5. The van der Waals surface area contributed by atoms with Crippen LogP contribution in [0.2, 0.25) is 0 Å². The highest BCUT2D eigenvalue weighted by Gasteiger charge is 2.30. The Balaban J connectivity index is 1.37. The third kappa shape index (κ3) is 4.84. The van der Waals surface area contributed by atoms with Gasteiger partial charge in [-0.3, -0.25) is 0 Å². The molecular formula is C47H35N2OP. The Kier molecular flexibility index (Phi) is 7.42. The van der Waals surface area contributed by atoms with Crippen molar-refractivity contribution in [1.29, 1.82) is 0 Å². The smallest absolute Gasteiger partial charge is 0.171 e. The number of pyridine rings is 2. The summed E-state index contributed by atoms with van der Waals surface area (Å²) >= 11 is 0. The molecule has 4 heteroatoms. The van der Waals surface area contributed by atoms with Crippen LogP contribution in [0, 0.1) is 20.8 Å². The first kappa shape index (κ1) is 31.1. The highest BCUT2D eigenvalue weighted by molar-refractivity contribution is 7.85. The molecule has 0 unspecified atom stereocenters. The minimum absolute atomic E-state index is 0.798. The van der Waals surface area contributed by atoms with Crippen LogP contribution in [0.15, 0.2) is 158 Å². The van der Waals surface area contributed by atoms with Gasteiger partial charge >= 0.3 is 0 Å². The fourth-order valence-corrected chi connectivity index (χ4v) is 10.6. The van der Waals surface area contributed by atoms with Gasteiger partial charge in [0.2, 0.25) is 0 Å². The Bertz CT molecular complexity index is 2790. The number of hydrogen-bond acceptors (Lipinski definition) is 3. The molecule has 0 spiro atoms. The molecule has 0 saturated carbocycles. The fraction of sp³-hybridized carbons (Fsp3) is 0.0638. The van der Waals surface area contributed by atoms with Gasteiger partial charge in [0.05, 0.1) is 22.4 Å². The predicted octanol–water partition coefficient (Wildman–Crippen LogP) is 11.0. The second-order valence-electron chi connectivity index (χ2n) is 13.4. The molecule has 0 aliphatic heterocycles. The van der Waals surface area contributed by atoms with Crippen molar-refractivity contribution in [1.82, 2.24) is 9.97 Å². The molecule has 0 bridgehead atoms. The zero-order valence-corrected chi connectivity index (χ0v) is 29.7. The van der Waals surface area contributed by atoms with Gasteiger partial charge in [-0.05, 0) is 54.3 Å². The van der Waals surface area contributed by atoms with Gasteiger partial charge in [-0.2, -0.15) is 0 Å². The second-order valence-corrected chi connectivity index (χ2v) is 16.1. The molecular weight excluding hydrogens is 640 g/mol. The van der Waals surface area contributed by atoms with E-state index in [1.165, 1.54) is 27.3 Å². The first-order valence-corrected chi connectivity index (χ1v) is 19.1. The molecule has 0 fully saturated rings. The molecule has 0 atom stereocenters. The predicted molar refractivity (Wildman–Crippen MR) is 217 cm³/mol. The number of para-hydroxylation sites is 2. The standard InChI is InChI=1S/C47H35N2OP/c1-30-16-15-24-39-42-32(3)43-41(31(2)44(42)47(49-45(30)39)33-17-7-4-8-18-33)38-23-13-14-25-40(38)48-46(43)34-26-28-37(29-27-34)51(50,35-19-9-5-10-20-35)36-21-11-6-12-22-36/h4-29H,1-3H3. The lowest BCUT2D eigenvalue weighted by Crippen LogP contribution is -2.24. The summed E-state index contributed by atoms with van der Waals surface area (Å²) in [5.41, 5.74) is 9.49. The van der Waals surface area contributed by atoms with E-state index in [2.05, 4.69) is 106 Å². The SMILES string of the molecule is Cc1cccc2c1nc(-c1ccccc1)c1c(C)c3c(c(-c4ccc(P(=O)(c5ccccc5)c5ccccc5)cc4)nc4ccccc43)c(C)c12. The molecule has 0 saturated heterocycles. The number of nitrogens with zero attached hydrogens (tertiary/aromatic N) is 2. The Hall–Kier alpha value is -5.89. The maximum absolute atomic E-state index is 15.2. The summed E-state index contributed by atoms with van der Waals surface area (Å²) in [5.74, 6) is 0. The minimum atomic E-state index is -3.12. The highest BCUT2D eigenvalue weighted by Crippen LogP contribution is 2.46. The molecule has 0 amide bonds. The molecule has 3 nitrogen and oxygen atoms in total. The molecule has 2 aromatic heterocycles. The van der Waals surface area contributed by atoms with Crippen LogP contribution in [0.25, 0.3) is 65.9 Å². The Labute approximate surface area is 297 Å². The van der Waals surface area contributed by atoms with Crippen molar-refractivity contribution in [2.24, 2.45) is 0 Å². The summed E-state index contributed by atoms with van der Waals surface area (Å²) in [7, 11) is -3.12. The summed E-state index contributed by atoms with van der Waals surface area (Å²) in [6.07, 6.45) is 0. The van der Waals surface area contributed by atoms with Crippen molar-refractivity contribution >= 4 is 66.4 Å². The first-order valence-electron chi connectivity index (χ1n) is 17.4. The molecule has 0 aliphatic carbocycles. The van der Waals surface area contributed by atoms with Crippen LogP contribution in [-0.2, 0) is 4.57 Å². The van der Waals surface area contributed by atoms with E-state index in [4.69, 9.17) is 9.97 Å². The average Bonchev–Trinajstić information content (AvgIpc) is 3.19. The van der Waals surface area contributed by atoms with Crippen LogP contribution in [0.1, 0.15) is 16.7 Å². The Morgan fingerprint density at radius 3 is 1.51 bits per heavy atom. The summed E-state index contributed by atoms with van der Waals surface area (Å²) in [6.45, 7) is 6.63. The second kappa shape index (κ2) is 12.2. The summed E-state index contributed by atoms with van der Waals surface area (Å²) in [6, 6.07) is 53.4. The normalized spacial score (nSPS) is 11.9. The number of aromatic nitrogens is 2. The lowest BCUT2D eigenvalue weighted by molar-refractivity contribution is 0.592. The lowest BCUT2D eigenvalue weighted by Gasteiger charge is -2.22. The molecule has 2 heterocycles. The molecule has 51 heavy (non-hydrogen) atoms. The molecule has 9 aromatic rings. The number of fused-ring (bicyclic) bond motifs is 6. The number of hydrogen-bond donors (Lipinski definition) is 0. The van der Waals surface area contributed by atoms with E-state index in [0.717, 1.165) is 71.2 Å². The maximum atomic E-state index is 15.2. The van der Waals surface area contributed by atoms with Crippen LogP contribution < -0.4 is 15.9 Å². The van der Waals surface area contributed by atoms with Crippen molar-refractivity contribution in [3.8, 4) is 22.5 Å². The average molecular weight is 675 g/mol. The van der Waals surface area contributed by atoms with E-state index in [9.17, 15) is 0 Å². The van der Waals surface area contributed by atoms with E-state index in [1.54, 1.807) is 0 Å². The lowest BCUT2D eigenvalue weighted by atomic mass is 9.85. The zero-order chi connectivity index (χ0) is 34.7. The molecule has 0 N–H and O–H groups in total. The highest BCUT2D eigenvalue weighted by atomic mass is 31.2. The van der Waals surface area contributed by atoms with E-state index in [1.807, 2.05) is 72.8 Å². The van der Waals surface area contributed by atoms with Crippen molar-refractivity contribution in [3.05, 3.63) is 174 Å². The summed E-state index contributed by atoms with van der Waals surface area (Å²) in [4.78, 5) is 10.8. The molecule has 7 aromatic carbocycles. The van der Waals surface area contributed by atoms with Crippen LogP contribution in [0.4, 0.5) is 0 Å². The molecule has 244 valence electrons. The van der Waals surface area contributed by atoms with Crippen molar-refractivity contribution in [2.45, 2.75) is 20.8 Å². The Morgan fingerprint density at radius 1 is 0.412 bits per heavy atom. The van der Waals surface area contributed by atoms with Gasteiger partial charge in [0.1, 0.15) is 0 Å². The molecule has 0 radical (unpaired) electrons. The van der Waals surface area contributed by atoms with Crippen molar-refractivity contribution in [3.63, 3.8) is 0 Å². The van der Waals surface area contributed by atoms with E-state index in [0.29, 0.717) is 0 Å². The number of benzene rings is 7. The minimum Gasteiger partial charge on any atom is -0.309 e. The summed E-state index contributed by atoms with van der Waals surface area (Å²) < 4.78 is 15.2. The Morgan fingerprint density at radius 2 is 0.882 bits per heavy atom. The van der Waals surface area contributed by atoms with Gasteiger partial charge in [0, 0.05) is 48.6 Å². The molecule has 0 aliphatic rings. The maximum Gasteiger partial charge on any atom is 0.171 e. The van der Waals surface area contributed by atoms with Crippen LogP contribution >= 0.6 is 7.14 Å². The third-order valence-electron chi connectivity index (χ3n) is 10.4. The van der Waals surface area contributed by atoms with Gasteiger partial charge in [-0.1, -0.05) is 152 Å². The van der Waals surface area contributed by atoms with Gasteiger partial charge in [-0.25, -0.2) is 9.97 Å². The van der Waals surface area contributed by atoms with Gasteiger partial charge in [0.25, 0.3) is 0 Å². The van der Waals surface area contributed by atoms with Gasteiger partial charge in [0.15, 0.2) is 7.14 Å². The zero-order valence-electron chi connectivity index (χ0n) is 28.8. The quantitative estimate of drug-likeness (QED) is 0.104. The van der Waals surface area contributed by atoms with Crippen molar-refractivity contribution in [2.75, 3.05) is 0 Å². The van der Waals surface area contributed by atoms with Crippen LogP contribution in [0.3, 0.4) is 0 Å². The van der Waals surface area contributed by atoms with Gasteiger partial charge in [-0.15, -0.1) is 0 Å². The number of rotatable bonds is 5. The van der Waals surface area contributed by atoms with Crippen LogP contribution in [-0.4, -0.2) is 9.97 Å². The van der Waals surface area contributed by atoms with E-state index < -0.39 is 7.14 Å². The van der Waals surface area contributed by atoms with E-state index in [-0.39, 0.29) is 0 Å². The molecule has 9 rings (SSSR count). The van der Waals surface area contributed by atoms with Crippen molar-refractivity contribution < 1.29 is 4.57 Å². The van der Waals surface area contributed by atoms with Crippen LogP contribution in [0.5, 0.6) is 0 Å².